The summed E-state index contributed by atoms with van der Waals surface area (Å²) in [5.74, 6) is 3.19. The van der Waals surface area contributed by atoms with E-state index in [9.17, 15) is 0 Å². The standard InChI is InChI=1S/C21H34N4S/c1-15-4-5-17(6-7-18-8-9-19(26-3)14-24-18)13-16(2)20(12-15)25-21-22-10-11-23-21/h9-11,14-18,20H,4-8,12-13H2,1-3H3,(H2,22,23,25). The molecule has 26 heavy (non-hydrogen) atoms. The molecule has 1 aliphatic carbocycles. The van der Waals surface area contributed by atoms with Crippen LogP contribution in [0.5, 0.6) is 0 Å². The number of aliphatic imine (C=N–C) groups is 1. The molecule has 0 bridgehead atoms. The van der Waals surface area contributed by atoms with Gasteiger partial charge in [-0.1, -0.05) is 32.8 Å². The van der Waals surface area contributed by atoms with Gasteiger partial charge in [0.1, 0.15) is 0 Å². The third-order valence-electron chi connectivity index (χ3n) is 6.08. The number of aromatic amines is 1. The predicted octanol–water partition coefficient (Wildman–Crippen LogP) is 5.52. The zero-order valence-electron chi connectivity index (χ0n) is 16.4. The topological polar surface area (TPSA) is 53.1 Å². The zero-order valence-corrected chi connectivity index (χ0v) is 17.3. The number of hydrogen-bond donors (Lipinski definition) is 2. The number of aromatic nitrogens is 2. The summed E-state index contributed by atoms with van der Waals surface area (Å²) in [7, 11) is 0. The van der Waals surface area contributed by atoms with E-state index in [1.54, 1.807) is 11.8 Å². The van der Waals surface area contributed by atoms with Gasteiger partial charge >= 0.3 is 0 Å². The van der Waals surface area contributed by atoms with Gasteiger partial charge in [-0.05, 0) is 56.1 Å². The summed E-state index contributed by atoms with van der Waals surface area (Å²) in [5, 5.41) is 3.65. The molecule has 1 saturated carbocycles. The summed E-state index contributed by atoms with van der Waals surface area (Å²) >= 11 is 1.80. The number of allylic oxidation sites excluding steroid dienone is 1. The highest BCUT2D eigenvalue weighted by atomic mass is 32.2. The van der Waals surface area contributed by atoms with E-state index in [4.69, 9.17) is 4.99 Å². The molecule has 0 amide bonds. The van der Waals surface area contributed by atoms with Crippen molar-refractivity contribution in [1.29, 1.82) is 0 Å². The van der Waals surface area contributed by atoms with E-state index in [2.05, 4.69) is 47.7 Å². The van der Waals surface area contributed by atoms with Gasteiger partial charge < -0.3 is 10.3 Å². The van der Waals surface area contributed by atoms with Gasteiger partial charge in [0.25, 0.3) is 0 Å². The van der Waals surface area contributed by atoms with Crippen molar-refractivity contribution < 1.29 is 0 Å². The highest BCUT2D eigenvalue weighted by Crippen LogP contribution is 2.34. The number of H-pyrrole nitrogens is 1. The van der Waals surface area contributed by atoms with E-state index in [1.165, 1.54) is 43.4 Å². The van der Waals surface area contributed by atoms with Gasteiger partial charge in [-0.15, -0.1) is 11.8 Å². The fourth-order valence-corrected chi connectivity index (χ4v) is 4.83. The molecule has 5 atom stereocenters. The maximum atomic E-state index is 4.77. The van der Waals surface area contributed by atoms with E-state index in [1.807, 2.05) is 12.4 Å². The van der Waals surface area contributed by atoms with Crippen LogP contribution < -0.4 is 5.32 Å². The van der Waals surface area contributed by atoms with Gasteiger partial charge in [-0.2, -0.15) is 0 Å². The van der Waals surface area contributed by atoms with Crippen molar-refractivity contribution in [3.63, 3.8) is 0 Å². The first-order chi connectivity index (χ1) is 12.6. The first kappa shape index (κ1) is 19.5. The lowest BCUT2D eigenvalue weighted by Crippen LogP contribution is -2.33. The van der Waals surface area contributed by atoms with Gasteiger partial charge in [-0.25, -0.2) is 4.98 Å². The maximum absolute atomic E-state index is 4.77. The van der Waals surface area contributed by atoms with E-state index in [-0.39, 0.29) is 0 Å². The molecule has 3 rings (SSSR count). The van der Waals surface area contributed by atoms with E-state index in [0.29, 0.717) is 18.0 Å². The van der Waals surface area contributed by atoms with Crippen LogP contribution in [-0.2, 0) is 0 Å². The SMILES string of the molecule is CSC1=CCC(CCC2CCC(C)CC(Nc3ncc[nH]3)C(C)C2)N=C1. The molecule has 2 N–H and O–H groups in total. The lowest BCUT2D eigenvalue weighted by molar-refractivity contribution is 0.240. The maximum Gasteiger partial charge on any atom is 0.200 e. The first-order valence-corrected chi connectivity index (χ1v) is 11.4. The Bertz CT molecular complexity index is 595. The predicted molar refractivity (Wildman–Crippen MR) is 114 cm³/mol. The number of rotatable bonds is 6. The monoisotopic (exact) mass is 374 g/mol. The Balaban J connectivity index is 1.52. The Kier molecular flexibility index (Phi) is 7.23. The normalized spacial score (nSPS) is 32.6. The molecule has 1 aliphatic heterocycles. The summed E-state index contributed by atoms with van der Waals surface area (Å²) in [6.45, 7) is 4.82. The van der Waals surface area contributed by atoms with E-state index >= 15 is 0 Å². The van der Waals surface area contributed by atoms with Gasteiger partial charge in [0, 0.05) is 29.6 Å². The van der Waals surface area contributed by atoms with Crippen molar-refractivity contribution in [2.75, 3.05) is 11.6 Å². The largest absolute Gasteiger partial charge is 0.353 e. The number of nitrogens with one attached hydrogen (secondary N) is 2. The minimum atomic E-state index is 0.501. The quantitative estimate of drug-likeness (QED) is 0.689. The molecule has 0 aromatic carbocycles. The number of imidazole rings is 1. The summed E-state index contributed by atoms with van der Waals surface area (Å²) in [4.78, 5) is 13.7. The molecule has 144 valence electrons. The van der Waals surface area contributed by atoms with Crippen molar-refractivity contribution in [3.05, 3.63) is 23.4 Å². The molecule has 0 saturated heterocycles. The highest BCUT2D eigenvalue weighted by molar-refractivity contribution is 8.03. The van der Waals surface area contributed by atoms with Crippen LogP contribution in [0.1, 0.15) is 58.8 Å². The Morgan fingerprint density at radius 1 is 1.23 bits per heavy atom. The fraction of sp³-hybridized carbons (Fsp3) is 0.714. The molecule has 0 spiro atoms. The number of hydrogen-bond acceptors (Lipinski definition) is 4. The van der Waals surface area contributed by atoms with Crippen LogP contribution in [0.25, 0.3) is 0 Å². The van der Waals surface area contributed by atoms with Crippen LogP contribution in [0.3, 0.4) is 0 Å². The third kappa shape index (κ3) is 5.63. The molecule has 2 aliphatic rings. The molecule has 1 fully saturated rings. The average Bonchev–Trinajstić information content (AvgIpc) is 3.16. The minimum Gasteiger partial charge on any atom is -0.353 e. The molecular weight excluding hydrogens is 340 g/mol. The summed E-state index contributed by atoms with van der Waals surface area (Å²) < 4.78 is 0. The summed E-state index contributed by atoms with van der Waals surface area (Å²) in [6, 6.07) is 1.01. The van der Waals surface area contributed by atoms with Crippen LogP contribution in [-0.4, -0.2) is 34.5 Å². The fourth-order valence-electron chi connectivity index (χ4n) is 4.40. The average molecular weight is 375 g/mol. The molecule has 5 heteroatoms. The van der Waals surface area contributed by atoms with Crippen molar-refractivity contribution >= 4 is 23.9 Å². The zero-order chi connectivity index (χ0) is 18.4. The molecule has 2 heterocycles. The minimum absolute atomic E-state index is 0.501. The lowest BCUT2D eigenvalue weighted by atomic mass is 9.77. The smallest absolute Gasteiger partial charge is 0.200 e. The van der Waals surface area contributed by atoms with Crippen LogP contribution in [0.2, 0.25) is 0 Å². The Morgan fingerprint density at radius 2 is 2.12 bits per heavy atom. The highest BCUT2D eigenvalue weighted by Gasteiger charge is 2.27. The van der Waals surface area contributed by atoms with Crippen LogP contribution >= 0.6 is 11.8 Å². The Labute approximate surface area is 162 Å². The molecule has 1 aromatic rings. The van der Waals surface area contributed by atoms with E-state index < -0.39 is 0 Å². The van der Waals surface area contributed by atoms with Crippen molar-refractivity contribution in [2.45, 2.75) is 70.9 Å². The molecule has 4 nitrogen and oxygen atoms in total. The second-order valence-corrected chi connectivity index (χ2v) is 9.12. The first-order valence-electron chi connectivity index (χ1n) is 10.2. The van der Waals surface area contributed by atoms with Crippen molar-refractivity contribution in [3.8, 4) is 0 Å². The Hall–Kier alpha value is -1.23. The van der Waals surface area contributed by atoms with Gasteiger partial charge in [-0.3, -0.25) is 4.99 Å². The van der Waals surface area contributed by atoms with Crippen molar-refractivity contribution in [2.24, 2.45) is 22.7 Å². The molecule has 0 radical (unpaired) electrons. The number of nitrogens with zero attached hydrogens (tertiary/aromatic N) is 2. The van der Waals surface area contributed by atoms with Gasteiger partial charge in [0.05, 0.1) is 6.04 Å². The third-order valence-corrected chi connectivity index (χ3v) is 6.83. The van der Waals surface area contributed by atoms with Crippen LogP contribution in [0, 0.1) is 17.8 Å². The van der Waals surface area contributed by atoms with E-state index in [0.717, 1.165) is 24.2 Å². The second kappa shape index (κ2) is 9.63. The van der Waals surface area contributed by atoms with Gasteiger partial charge in [0.2, 0.25) is 0 Å². The number of anilines is 1. The second-order valence-electron chi connectivity index (χ2n) is 8.24. The van der Waals surface area contributed by atoms with Crippen molar-refractivity contribution in [1.82, 2.24) is 9.97 Å². The summed E-state index contributed by atoms with van der Waals surface area (Å²) in [6.07, 6.45) is 19.2. The molecule has 1 aromatic heterocycles. The van der Waals surface area contributed by atoms with Crippen LogP contribution in [0.15, 0.2) is 28.4 Å². The van der Waals surface area contributed by atoms with Gasteiger partial charge in [0.15, 0.2) is 5.95 Å². The molecule has 5 unspecified atom stereocenters. The number of thioether (sulfide) groups is 1. The lowest BCUT2D eigenvalue weighted by Gasteiger charge is -2.34. The number of dihydropyridines is 1. The summed E-state index contributed by atoms with van der Waals surface area (Å²) in [5.41, 5.74) is 0. The molecular formula is C21H34N4S. The van der Waals surface area contributed by atoms with Crippen LogP contribution in [0.4, 0.5) is 5.95 Å². The Morgan fingerprint density at radius 3 is 2.81 bits per heavy atom.